The van der Waals surface area contributed by atoms with Crippen LogP contribution >= 0.6 is 0 Å². The maximum Gasteiger partial charge on any atom is 0.319 e. The summed E-state index contributed by atoms with van der Waals surface area (Å²) < 4.78 is 52.5. The smallest absolute Gasteiger partial charge is 0.319 e. The van der Waals surface area contributed by atoms with Gasteiger partial charge >= 0.3 is 12.0 Å². The number of rotatable bonds is 7. The number of hydrogen-bond acceptors (Lipinski definition) is 9. The normalized spacial score (nSPS) is 22.7. The number of imide groups is 1. The number of hydrogen-bond donors (Lipinski definition) is 3. The Balaban J connectivity index is 1.35. The van der Waals surface area contributed by atoms with Gasteiger partial charge in [-0.15, -0.1) is 0 Å². The van der Waals surface area contributed by atoms with Crippen LogP contribution in [-0.4, -0.2) is 81.4 Å². The highest BCUT2D eigenvalue weighted by Crippen LogP contribution is 2.42. The Kier molecular flexibility index (Phi) is 8.22. The number of anilines is 1. The van der Waals surface area contributed by atoms with E-state index >= 15 is 4.39 Å². The molecule has 3 aliphatic rings. The van der Waals surface area contributed by atoms with Crippen molar-refractivity contribution in [1.29, 1.82) is 0 Å². The van der Waals surface area contributed by atoms with Crippen LogP contribution in [0.25, 0.3) is 32.9 Å². The largest absolute Gasteiger partial charge is 0.508 e. The highest BCUT2D eigenvalue weighted by molar-refractivity contribution is 6.02. The molecule has 0 bridgehead atoms. The zero-order valence-electron chi connectivity index (χ0n) is 26.4. The Labute approximate surface area is 274 Å². The number of benzene rings is 2. The fraction of sp³-hybridized carbons (Fsp3) is 0.441. The number of ether oxygens (including phenoxy) is 1. The molecule has 4 N–H and O–H groups in total. The van der Waals surface area contributed by atoms with Gasteiger partial charge in [-0.25, -0.2) is 18.0 Å². The van der Waals surface area contributed by atoms with Crippen molar-refractivity contribution in [2.75, 3.05) is 37.7 Å². The lowest BCUT2D eigenvalue weighted by Crippen LogP contribution is -2.46. The van der Waals surface area contributed by atoms with E-state index in [4.69, 9.17) is 10.5 Å². The Hall–Kier alpha value is -4.72. The zero-order valence-corrected chi connectivity index (χ0v) is 26.4. The lowest BCUT2D eigenvalue weighted by Gasteiger charge is -2.33. The number of carbonyl (C=O) groups is 2. The van der Waals surface area contributed by atoms with Gasteiger partial charge in [0.1, 0.15) is 41.4 Å². The monoisotopic (exact) mass is 663 g/mol. The summed E-state index contributed by atoms with van der Waals surface area (Å²) in [7, 11) is 0. The molecule has 3 fully saturated rings. The molecule has 3 saturated heterocycles. The molecule has 7 rings (SSSR count). The highest BCUT2D eigenvalue weighted by Gasteiger charge is 2.49. The van der Waals surface area contributed by atoms with Crippen LogP contribution in [0.15, 0.2) is 30.5 Å². The first-order valence-electron chi connectivity index (χ1n) is 16.2. The molecule has 2 aromatic carbocycles. The molecule has 0 unspecified atom stereocenters. The van der Waals surface area contributed by atoms with Crippen molar-refractivity contribution in [1.82, 2.24) is 25.2 Å². The van der Waals surface area contributed by atoms with Crippen LogP contribution in [-0.2, 0) is 11.2 Å². The number of primary amides is 1. The number of piperidine rings is 1. The van der Waals surface area contributed by atoms with Gasteiger partial charge in [-0.3, -0.25) is 20.0 Å². The van der Waals surface area contributed by atoms with Crippen LogP contribution < -0.4 is 20.7 Å². The van der Waals surface area contributed by atoms with E-state index in [2.05, 4.69) is 25.2 Å². The third-order valence-electron chi connectivity index (χ3n) is 9.97. The van der Waals surface area contributed by atoms with Crippen LogP contribution in [0, 0.1) is 17.6 Å². The number of phenolic OH excluding ortho intramolecular Hbond substituents is 1. The summed E-state index contributed by atoms with van der Waals surface area (Å²) in [6.07, 6.45) is 3.82. The van der Waals surface area contributed by atoms with Gasteiger partial charge in [0.05, 0.1) is 16.8 Å². The van der Waals surface area contributed by atoms with E-state index < -0.39 is 41.2 Å². The third-order valence-corrected chi connectivity index (χ3v) is 9.97. The SMILES string of the molecule is CCc1c(F)ccc2cc(O)cc(-c3ncc4c(N5CCC[C@H](C(=O)NC(N)=O)C5)nc(OC[C@@]56CCCN5C[C@H](F)C6)nc4c3F)c12. The molecule has 3 aliphatic heterocycles. The molecular formula is C34H36F3N7O4. The van der Waals surface area contributed by atoms with Crippen LogP contribution in [0.2, 0.25) is 0 Å². The summed E-state index contributed by atoms with van der Waals surface area (Å²) in [5.41, 5.74) is 4.96. The molecule has 5 heterocycles. The number of aromatic hydroxyl groups is 1. The molecule has 0 saturated carbocycles. The summed E-state index contributed by atoms with van der Waals surface area (Å²) in [6.45, 7) is 3.61. The average molecular weight is 664 g/mol. The maximum atomic E-state index is 16.9. The van der Waals surface area contributed by atoms with Crippen LogP contribution in [0.1, 0.15) is 44.6 Å². The first-order valence-corrected chi connectivity index (χ1v) is 16.2. The standard InChI is InChI=1S/C34H36F3N7O4/c1-2-22-25(36)7-6-18-11-21(45)12-23(26(18)22)28-27(37)29-24(14-39-28)30(43-9-3-5-19(15-43)31(46)42-32(38)47)41-33(40-29)48-17-34-8-4-10-44(34)16-20(35)13-34/h6-7,11-12,14,19-20,45H,2-5,8-10,13,15-17H2,1H3,(H3,38,42,46,47)/t19-,20+,34-/m0/s1. The fourth-order valence-corrected chi connectivity index (χ4v) is 7.80. The van der Waals surface area contributed by atoms with Crippen molar-refractivity contribution >= 4 is 39.4 Å². The number of carbonyl (C=O) groups excluding carboxylic acids is 2. The van der Waals surface area contributed by atoms with E-state index in [1.165, 1.54) is 30.5 Å². The number of nitrogens with zero attached hydrogens (tertiary/aromatic N) is 5. The van der Waals surface area contributed by atoms with Crippen LogP contribution in [0.5, 0.6) is 11.8 Å². The zero-order chi connectivity index (χ0) is 33.7. The Morgan fingerprint density at radius 1 is 1.17 bits per heavy atom. The summed E-state index contributed by atoms with van der Waals surface area (Å²) in [5, 5.41) is 13.9. The minimum atomic E-state index is -0.972. The lowest BCUT2D eigenvalue weighted by atomic mass is 9.94. The minimum Gasteiger partial charge on any atom is -0.508 e. The van der Waals surface area contributed by atoms with E-state index in [1.807, 2.05) is 0 Å². The van der Waals surface area contributed by atoms with Crippen molar-refractivity contribution in [3.8, 4) is 23.0 Å². The number of nitrogens with one attached hydrogen (secondary N) is 1. The second kappa shape index (κ2) is 12.4. The Bertz CT molecular complexity index is 1940. The molecule has 0 aliphatic carbocycles. The van der Waals surface area contributed by atoms with E-state index in [-0.39, 0.29) is 52.9 Å². The first-order chi connectivity index (χ1) is 23.1. The van der Waals surface area contributed by atoms with Gasteiger partial charge in [0.2, 0.25) is 5.91 Å². The molecule has 11 nitrogen and oxygen atoms in total. The highest BCUT2D eigenvalue weighted by atomic mass is 19.1. The van der Waals surface area contributed by atoms with Gasteiger partial charge in [-0.05, 0) is 73.2 Å². The molecule has 48 heavy (non-hydrogen) atoms. The van der Waals surface area contributed by atoms with Gasteiger partial charge in [-0.2, -0.15) is 9.97 Å². The third kappa shape index (κ3) is 5.61. The number of amides is 3. The lowest BCUT2D eigenvalue weighted by molar-refractivity contribution is -0.124. The molecular weight excluding hydrogens is 627 g/mol. The first kappa shape index (κ1) is 31.9. The predicted molar refractivity (Wildman–Crippen MR) is 172 cm³/mol. The van der Waals surface area contributed by atoms with E-state index in [9.17, 15) is 23.5 Å². The Morgan fingerprint density at radius 2 is 2.00 bits per heavy atom. The van der Waals surface area contributed by atoms with Gasteiger partial charge in [0.15, 0.2) is 5.82 Å². The number of nitrogens with two attached hydrogens (primary N) is 1. The molecule has 3 atom stereocenters. The minimum absolute atomic E-state index is 0.109. The maximum absolute atomic E-state index is 16.9. The van der Waals surface area contributed by atoms with Crippen molar-refractivity contribution in [3.63, 3.8) is 0 Å². The molecule has 4 aromatic rings. The number of fused-ring (bicyclic) bond motifs is 3. The van der Waals surface area contributed by atoms with Gasteiger partial charge < -0.3 is 20.5 Å². The second-order valence-electron chi connectivity index (χ2n) is 13.0. The van der Waals surface area contributed by atoms with Crippen molar-refractivity contribution in [2.45, 2.75) is 57.2 Å². The number of alkyl halides is 1. The number of halogens is 3. The molecule has 252 valence electrons. The van der Waals surface area contributed by atoms with Crippen LogP contribution in [0.3, 0.4) is 0 Å². The number of urea groups is 1. The van der Waals surface area contributed by atoms with E-state index in [1.54, 1.807) is 11.8 Å². The molecule has 0 radical (unpaired) electrons. The second-order valence-corrected chi connectivity index (χ2v) is 13.0. The van der Waals surface area contributed by atoms with Gasteiger partial charge in [-0.1, -0.05) is 13.0 Å². The van der Waals surface area contributed by atoms with Gasteiger partial charge in [0.25, 0.3) is 0 Å². The predicted octanol–water partition coefficient (Wildman–Crippen LogP) is 4.76. The van der Waals surface area contributed by atoms with Gasteiger partial charge in [0, 0.05) is 37.8 Å². The van der Waals surface area contributed by atoms with Crippen molar-refractivity contribution in [3.05, 3.63) is 47.7 Å². The van der Waals surface area contributed by atoms with E-state index in [0.29, 0.717) is 55.1 Å². The molecule has 3 amide bonds. The number of pyridine rings is 1. The summed E-state index contributed by atoms with van der Waals surface area (Å²) >= 11 is 0. The van der Waals surface area contributed by atoms with Crippen molar-refractivity contribution in [2.24, 2.45) is 11.7 Å². The van der Waals surface area contributed by atoms with Crippen LogP contribution in [0.4, 0.5) is 23.8 Å². The average Bonchev–Trinajstić information content (AvgIpc) is 3.59. The number of aryl methyl sites for hydroxylation is 1. The molecule has 2 aromatic heterocycles. The summed E-state index contributed by atoms with van der Waals surface area (Å²) in [5.74, 6) is -2.26. The quantitative estimate of drug-likeness (QED) is 0.255. The van der Waals surface area contributed by atoms with E-state index in [0.717, 1.165) is 19.4 Å². The molecule has 0 spiro atoms. The topological polar surface area (TPSA) is 147 Å². The Morgan fingerprint density at radius 3 is 2.79 bits per heavy atom. The van der Waals surface area contributed by atoms with Crippen molar-refractivity contribution < 1.29 is 32.6 Å². The summed E-state index contributed by atoms with van der Waals surface area (Å²) in [4.78, 5) is 41.6. The summed E-state index contributed by atoms with van der Waals surface area (Å²) in [6, 6.07) is 4.60. The number of aromatic nitrogens is 3. The number of phenols is 1. The fourth-order valence-electron chi connectivity index (χ4n) is 7.80. The molecule has 14 heteroatoms.